The van der Waals surface area contributed by atoms with Crippen LogP contribution in [0.1, 0.15) is 11.6 Å². The fourth-order valence-corrected chi connectivity index (χ4v) is 2.41. The first-order chi connectivity index (χ1) is 10.4. The SMILES string of the molecule is Cl.OC[C@@H](c1cccc(OC(F)(F)C(F)F)c1)N1CCNCC1. The first-order valence-corrected chi connectivity index (χ1v) is 6.94. The molecule has 0 unspecified atom stereocenters. The summed E-state index contributed by atoms with van der Waals surface area (Å²) in [6.45, 7) is 2.72. The Labute approximate surface area is 137 Å². The molecule has 1 saturated heterocycles. The smallest absolute Gasteiger partial charge is 0.428 e. The molecule has 0 spiro atoms. The van der Waals surface area contributed by atoms with Crippen molar-refractivity contribution in [3.8, 4) is 5.75 Å². The van der Waals surface area contributed by atoms with Gasteiger partial charge in [0.25, 0.3) is 0 Å². The van der Waals surface area contributed by atoms with Crippen molar-refractivity contribution in [2.75, 3.05) is 32.8 Å². The van der Waals surface area contributed by atoms with Gasteiger partial charge >= 0.3 is 12.5 Å². The zero-order valence-electron chi connectivity index (χ0n) is 12.2. The maximum absolute atomic E-state index is 13.0. The van der Waals surface area contributed by atoms with Gasteiger partial charge in [0.15, 0.2) is 0 Å². The predicted octanol–water partition coefficient (Wildman–Crippen LogP) is 2.28. The summed E-state index contributed by atoms with van der Waals surface area (Å²) in [5, 5.41) is 12.7. The van der Waals surface area contributed by atoms with E-state index in [9.17, 15) is 22.7 Å². The Balaban J connectivity index is 0.00000264. The molecule has 132 valence electrons. The normalized spacial score (nSPS) is 17.7. The van der Waals surface area contributed by atoms with Crippen LogP contribution in [-0.4, -0.2) is 55.3 Å². The molecule has 1 fully saturated rings. The van der Waals surface area contributed by atoms with Crippen LogP contribution < -0.4 is 10.1 Å². The van der Waals surface area contributed by atoms with Gasteiger partial charge in [-0.15, -0.1) is 12.4 Å². The summed E-state index contributed by atoms with van der Waals surface area (Å²) in [5.74, 6) is -0.351. The Bertz CT molecular complexity index is 488. The van der Waals surface area contributed by atoms with E-state index < -0.39 is 12.5 Å². The van der Waals surface area contributed by atoms with Gasteiger partial charge in [0.2, 0.25) is 0 Å². The Morgan fingerprint density at radius 1 is 1.26 bits per heavy atom. The molecule has 1 aromatic rings. The van der Waals surface area contributed by atoms with E-state index in [2.05, 4.69) is 10.1 Å². The number of nitrogens with zero attached hydrogens (tertiary/aromatic N) is 1. The third-order valence-corrected chi connectivity index (χ3v) is 3.52. The van der Waals surface area contributed by atoms with Crippen LogP contribution in [0.2, 0.25) is 0 Å². The lowest BCUT2D eigenvalue weighted by Crippen LogP contribution is -2.46. The van der Waals surface area contributed by atoms with Crippen molar-refractivity contribution in [3.63, 3.8) is 0 Å². The van der Waals surface area contributed by atoms with Crippen LogP contribution in [0.25, 0.3) is 0 Å². The van der Waals surface area contributed by atoms with Crippen molar-refractivity contribution in [2.24, 2.45) is 0 Å². The van der Waals surface area contributed by atoms with Crippen LogP contribution in [0.15, 0.2) is 24.3 Å². The van der Waals surface area contributed by atoms with E-state index >= 15 is 0 Å². The van der Waals surface area contributed by atoms with Crippen molar-refractivity contribution < 1.29 is 27.4 Å². The van der Waals surface area contributed by atoms with E-state index in [-0.39, 0.29) is 30.8 Å². The molecule has 1 aliphatic rings. The Kier molecular flexibility index (Phi) is 7.53. The molecule has 1 aromatic carbocycles. The molecular formula is C14H19ClF4N2O2. The molecule has 0 aromatic heterocycles. The molecular weight excluding hydrogens is 340 g/mol. The summed E-state index contributed by atoms with van der Waals surface area (Å²) in [5.41, 5.74) is 0.548. The van der Waals surface area contributed by atoms with E-state index in [1.807, 2.05) is 4.90 Å². The van der Waals surface area contributed by atoms with E-state index in [0.29, 0.717) is 18.7 Å². The number of halogens is 5. The summed E-state index contributed by atoms with van der Waals surface area (Å²) >= 11 is 0. The number of hydrogen-bond acceptors (Lipinski definition) is 4. The molecule has 1 heterocycles. The van der Waals surface area contributed by atoms with E-state index in [4.69, 9.17) is 0 Å². The monoisotopic (exact) mass is 358 g/mol. The molecule has 0 saturated carbocycles. The number of benzene rings is 1. The van der Waals surface area contributed by atoms with E-state index in [0.717, 1.165) is 13.1 Å². The maximum Gasteiger partial charge on any atom is 0.461 e. The Morgan fingerprint density at radius 2 is 1.91 bits per heavy atom. The average Bonchev–Trinajstić information content (AvgIpc) is 2.49. The number of rotatable bonds is 6. The van der Waals surface area contributed by atoms with E-state index in [1.54, 1.807) is 6.07 Å². The Morgan fingerprint density at radius 3 is 2.48 bits per heavy atom. The summed E-state index contributed by atoms with van der Waals surface area (Å²) in [6, 6.07) is 5.16. The minimum Gasteiger partial charge on any atom is -0.428 e. The fraction of sp³-hybridized carbons (Fsp3) is 0.571. The molecule has 1 atom stereocenters. The average molecular weight is 359 g/mol. The van der Waals surface area contributed by atoms with Gasteiger partial charge in [0.1, 0.15) is 5.75 Å². The van der Waals surface area contributed by atoms with Gasteiger partial charge in [-0.25, -0.2) is 0 Å². The molecule has 23 heavy (non-hydrogen) atoms. The molecule has 0 bridgehead atoms. The number of alkyl halides is 4. The zero-order valence-corrected chi connectivity index (χ0v) is 13.0. The predicted molar refractivity (Wildman–Crippen MR) is 79.5 cm³/mol. The van der Waals surface area contributed by atoms with Gasteiger partial charge in [0, 0.05) is 26.2 Å². The summed E-state index contributed by atoms with van der Waals surface area (Å²) in [4.78, 5) is 2.00. The number of ether oxygens (including phenoxy) is 1. The largest absolute Gasteiger partial charge is 0.461 e. The minimum absolute atomic E-state index is 0. The van der Waals surface area contributed by atoms with Gasteiger partial charge in [-0.3, -0.25) is 4.90 Å². The number of aliphatic hydroxyl groups is 1. The second kappa shape index (κ2) is 8.68. The second-order valence-electron chi connectivity index (χ2n) is 5.02. The Hall–Kier alpha value is -1.09. The van der Waals surface area contributed by atoms with Crippen molar-refractivity contribution in [1.29, 1.82) is 0 Å². The highest BCUT2D eigenvalue weighted by molar-refractivity contribution is 5.85. The van der Waals surface area contributed by atoms with Gasteiger partial charge < -0.3 is 15.2 Å². The molecule has 0 aliphatic carbocycles. The van der Waals surface area contributed by atoms with Gasteiger partial charge in [-0.2, -0.15) is 17.6 Å². The van der Waals surface area contributed by atoms with Crippen LogP contribution in [-0.2, 0) is 0 Å². The van der Waals surface area contributed by atoms with Crippen molar-refractivity contribution in [2.45, 2.75) is 18.6 Å². The highest BCUT2D eigenvalue weighted by atomic mass is 35.5. The molecule has 1 aliphatic heterocycles. The number of nitrogens with one attached hydrogen (secondary N) is 1. The van der Waals surface area contributed by atoms with Gasteiger partial charge in [0.05, 0.1) is 12.6 Å². The van der Waals surface area contributed by atoms with Gasteiger partial charge in [-0.1, -0.05) is 12.1 Å². The molecule has 2 N–H and O–H groups in total. The molecule has 2 rings (SSSR count). The number of aliphatic hydroxyl groups excluding tert-OH is 1. The molecule has 0 amide bonds. The van der Waals surface area contributed by atoms with Gasteiger partial charge in [-0.05, 0) is 17.7 Å². The van der Waals surface area contributed by atoms with Crippen molar-refractivity contribution >= 4 is 12.4 Å². The summed E-state index contributed by atoms with van der Waals surface area (Å²) < 4.78 is 54.4. The first kappa shape index (κ1) is 20.0. The topological polar surface area (TPSA) is 44.7 Å². The van der Waals surface area contributed by atoms with Crippen molar-refractivity contribution in [3.05, 3.63) is 29.8 Å². The van der Waals surface area contributed by atoms with Crippen LogP contribution in [0.4, 0.5) is 17.6 Å². The number of hydrogen-bond donors (Lipinski definition) is 2. The maximum atomic E-state index is 13.0. The van der Waals surface area contributed by atoms with Crippen LogP contribution >= 0.6 is 12.4 Å². The quantitative estimate of drug-likeness (QED) is 0.766. The highest BCUT2D eigenvalue weighted by Crippen LogP contribution is 2.30. The lowest BCUT2D eigenvalue weighted by molar-refractivity contribution is -0.253. The summed E-state index contributed by atoms with van der Waals surface area (Å²) in [7, 11) is 0. The summed E-state index contributed by atoms with van der Waals surface area (Å²) in [6.07, 6.45) is -8.44. The lowest BCUT2D eigenvalue weighted by atomic mass is 10.0. The second-order valence-corrected chi connectivity index (χ2v) is 5.02. The molecule has 0 radical (unpaired) electrons. The van der Waals surface area contributed by atoms with Crippen molar-refractivity contribution in [1.82, 2.24) is 10.2 Å². The first-order valence-electron chi connectivity index (χ1n) is 6.94. The van der Waals surface area contributed by atoms with Crippen LogP contribution in [0.3, 0.4) is 0 Å². The molecule has 4 nitrogen and oxygen atoms in total. The minimum atomic E-state index is -4.54. The zero-order chi connectivity index (χ0) is 16.2. The third-order valence-electron chi connectivity index (χ3n) is 3.52. The highest BCUT2D eigenvalue weighted by Gasteiger charge is 2.44. The van der Waals surface area contributed by atoms with E-state index in [1.165, 1.54) is 18.2 Å². The third kappa shape index (κ3) is 5.20. The molecule has 9 heteroatoms. The lowest BCUT2D eigenvalue weighted by Gasteiger charge is -2.34. The number of piperazine rings is 1. The van der Waals surface area contributed by atoms with Crippen LogP contribution in [0, 0.1) is 0 Å². The standard InChI is InChI=1S/C14H18F4N2O2.ClH/c15-13(16)14(17,18)22-11-3-1-2-10(8-11)12(9-21)20-6-4-19-5-7-20;/h1-3,8,12-13,19,21H,4-7,9H2;1H/t12-;/m0./s1. The van der Waals surface area contributed by atoms with Crippen LogP contribution in [0.5, 0.6) is 5.75 Å². The fourth-order valence-electron chi connectivity index (χ4n) is 2.41.